The van der Waals surface area contributed by atoms with Gasteiger partial charge >= 0.3 is 5.97 Å². The molecule has 1 aromatic rings. The number of hydrogen-bond donors (Lipinski definition) is 2. The van der Waals surface area contributed by atoms with E-state index in [1.54, 1.807) is 19.2 Å². The molecule has 0 aliphatic rings. The van der Waals surface area contributed by atoms with Gasteiger partial charge in [0.25, 0.3) is 0 Å². The number of aromatic nitrogens is 2. The summed E-state index contributed by atoms with van der Waals surface area (Å²) in [6.45, 7) is 2.12. The number of nitrogens with one attached hydrogen (secondary N) is 1. The molecule has 0 spiro atoms. The first-order valence-electron chi connectivity index (χ1n) is 5.35. The topological polar surface area (TPSA) is 92.2 Å². The standard InChI is InChI=1S/C11H15N3O3/c1-8-12-6-5-9(14-8)7-13-10(15)3-2-4-11(16)17/h5-6H,2-4,7H2,1H3,(H,13,15)(H,16,17). The molecule has 0 bridgehead atoms. The van der Waals surface area contributed by atoms with E-state index in [9.17, 15) is 9.59 Å². The highest BCUT2D eigenvalue weighted by atomic mass is 16.4. The Kier molecular flexibility index (Phi) is 5.06. The molecule has 0 saturated heterocycles. The highest BCUT2D eigenvalue weighted by Gasteiger charge is 2.04. The molecule has 0 saturated carbocycles. The Hall–Kier alpha value is -1.98. The number of carbonyl (C=O) groups excluding carboxylic acids is 1. The summed E-state index contributed by atoms with van der Waals surface area (Å²) in [5, 5.41) is 11.1. The first-order chi connectivity index (χ1) is 8.08. The molecule has 92 valence electrons. The zero-order valence-electron chi connectivity index (χ0n) is 9.64. The Labute approximate surface area is 99.1 Å². The van der Waals surface area contributed by atoms with Gasteiger partial charge in [0.15, 0.2) is 0 Å². The Morgan fingerprint density at radius 3 is 2.82 bits per heavy atom. The zero-order valence-corrected chi connectivity index (χ0v) is 9.64. The van der Waals surface area contributed by atoms with Crippen molar-refractivity contribution in [3.8, 4) is 0 Å². The Balaban J connectivity index is 2.26. The molecule has 0 fully saturated rings. The molecule has 0 atom stereocenters. The number of carboxylic acids is 1. The molecule has 0 aliphatic carbocycles. The third-order valence-electron chi connectivity index (χ3n) is 2.09. The minimum atomic E-state index is -0.885. The summed E-state index contributed by atoms with van der Waals surface area (Å²) in [4.78, 5) is 29.7. The molecule has 6 heteroatoms. The van der Waals surface area contributed by atoms with Gasteiger partial charge in [-0.1, -0.05) is 0 Å². The molecule has 6 nitrogen and oxygen atoms in total. The Morgan fingerprint density at radius 2 is 2.18 bits per heavy atom. The number of rotatable bonds is 6. The van der Waals surface area contributed by atoms with Crippen LogP contribution in [0.4, 0.5) is 0 Å². The fraction of sp³-hybridized carbons (Fsp3) is 0.455. The van der Waals surface area contributed by atoms with E-state index in [2.05, 4.69) is 15.3 Å². The van der Waals surface area contributed by atoms with Gasteiger partial charge in [0.05, 0.1) is 12.2 Å². The van der Waals surface area contributed by atoms with Gasteiger partial charge in [0.2, 0.25) is 5.91 Å². The van der Waals surface area contributed by atoms with Gasteiger partial charge < -0.3 is 10.4 Å². The second kappa shape index (κ2) is 6.57. The predicted molar refractivity (Wildman–Crippen MR) is 60.1 cm³/mol. The number of carbonyl (C=O) groups is 2. The Morgan fingerprint density at radius 1 is 1.41 bits per heavy atom. The molecule has 17 heavy (non-hydrogen) atoms. The van der Waals surface area contributed by atoms with Gasteiger partial charge in [0, 0.05) is 19.0 Å². The zero-order chi connectivity index (χ0) is 12.7. The highest BCUT2D eigenvalue weighted by molar-refractivity contribution is 5.76. The van der Waals surface area contributed by atoms with Crippen LogP contribution in [0.25, 0.3) is 0 Å². The largest absolute Gasteiger partial charge is 0.481 e. The van der Waals surface area contributed by atoms with Crippen LogP contribution in [0.15, 0.2) is 12.3 Å². The monoisotopic (exact) mass is 237 g/mol. The average Bonchev–Trinajstić information content (AvgIpc) is 2.26. The van der Waals surface area contributed by atoms with Crippen molar-refractivity contribution >= 4 is 11.9 Å². The summed E-state index contributed by atoms with van der Waals surface area (Å²) in [7, 11) is 0. The lowest BCUT2D eigenvalue weighted by atomic mass is 10.2. The molecule has 0 radical (unpaired) electrons. The lowest BCUT2D eigenvalue weighted by molar-refractivity contribution is -0.137. The normalized spacial score (nSPS) is 9.94. The fourth-order valence-electron chi connectivity index (χ4n) is 1.28. The molecule has 0 aliphatic heterocycles. The van der Waals surface area contributed by atoms with Crippen molar-refractivity contribution in [1.29, 1.82) is 0 Å². The summed E-state index contributed by atoms with van der Waals surface area (Å²) in [5.74, 6) is -0.394. The van der Waals surface area contributed by atoms with Gasteiger partial charge in [-0.3, -0.25) is 9.59 Å². The van der Waals surface area contributed by atoms with Crippen LogP contribution in [-0.4, -0.2) is 27.0 Å². The van der Waals surface area contributed by atoms with Crippen LogP contribution >= 0.6 is 0 Å². The summed E-state index contributed by atoms with van der Waals surface area (Å²) in [6, 6.07) is 1.73. The lowest BCUT2D eigenvalue weighted by Crippen LogP contribution is -2.23. The lowest BCUT2D eigenvalue weighted by Gasteiger charge is -2.04. The van der Waals surface area contributed by atoms with Crippen molar-refractivity contribution in [2.45, 2.75) is 32.7 Å². The summed E-state index contributed by atoms with van der Waals surface area (Å²) in [5.41, 5.74) is 0.740. The smallest absolute Gasteiger partial charge is 0.303 e. The molecule has 1 heterocycles. The van der Waals surface area contributed by atoms with Gasteiger partial charge in [-0.05, 0) is 19.4 Å². The molecule has 2 N–H and O–H groups in total. The van der Waals surface area contributed by atoms with E-state index in [4.69, 9.17) is 5.11 Å². The van der Waals surface area contributed by atoms with Crippen molar-refractivity contribution in [2.75, 3.05) is 0 Å². The third kappa shape index (κ3) is 5.60. The number of carboxylic acid groups (broad SMARTS) is 1. The van der Waals surface area contributed by atoms with Gasteiger partial charge in [-0.15, -0.1) is 0 Å². The van der Waals surface area contributed by atoms with E-state index in [1.807, 2.05) is 0 Å². The van der Waals surface area contributed by atoms with E-state index >= 15 is 0 Å². The van der Waals surface area contributed by atoms with Crippen molar-refractivity contribution < 1.29 is 14.7 Å². The predicted octanol–water partition coefficient (Wildman–Crippen LogP) is 0.656. The summed E-state index contributed by atoms with van der Waals surface area (Å²) < 4.78 is 0. The molecule has 1 amide bonds. The minimum Gasteiger partial charge on any atom is -0.481 e. The van der Waals surface area contributed by atoms with Crippen LogP contribution in [0.3, 0.4) is 0 Å². The first-order valence-corrected chi connectivity index (χ1v) is 5.35. The van der Waals surface area contributed by atoms with Crippen molar-refractivity contribution in [3.63, 3.8) is 0 Å². The average molecular weight is 237 g/mol. The van der Waals surface area contributed by atoms with E-state index in [1.165, 1.54) is 0 Å². The maximum Gasteiger partial charge on any atom is 0.303 e. The Bertz CT molecular complexity index is 407. The van der Waals surface area contributed by atoms with Crippen molar-refractivity contribution in [2.24, 2.45) is 0 Å². The number of aliphatic carboxylic acids is 1. The van der Waals surface area contributed by atoms with Crippen LogP contribution in [0.1, 0.15) is 30.8 Å². The van der Waals surface area contributed by atoms with Gasteiger partial charge in [0.1, 0.15) is 5.82 Å². The van der Waals surface area contributed by atoms with E-state index in [0.717, 1.165) is 5.69 Å². The van der Waals surface area contributed by atoms with Crippen LogP contribution in [0.5, 0.6) is 0 Å². The highest BCUT2D eigenvalue weighted by Crippen LogP contribution is 1.97. The molecule has 0 aromatic carbocycles. The summed E-state index contributed by atoms with van der Waals surface area (Å²) in [6.07, 6.45) is 2.22. The molecular weight excluding hydrogens is 222 g/mol. The third-order valence-corrected chi connectivity index (χ3v) is 2.09. The number of amides is 1. The maximum atomic E-state index is 11.3. The molecule has 1 aromatic heterocycles. The quantitative estimate of drug-likeness (QED) is 0.758. The van der Waals surface area contributed by atoms with E-state index in [-0.39, 0.29) is 18.7 Å². The van der Waals surface area contributed by atoms with E-state index in [0.29, 0.717) is 18.8 Å². The van der Waals surface area contributed by atoms with Gasteiger partial charge in [-0.25, -0.2) is 9.97 Å². The number of nitrogens with zero attached hydrogens (tertiary/aromatic N) is 2. The van der Waals surface area contributed by atoms with Crippen molar-refractivity contribution in [3.05, 3.63) is 23.8 Å². The second-order valence-corrected chi connectivity index (χ2v) is 3.62. The van der Waals surface area contributed by atoms with Gasteiger partial charge in [-0.2, -0.15) is 0 Å². The number of hydrogen-bond acceptors (Lipinski definition) is 4. The molecule has 1 rings (SSSR count). The first kappa shape index (κ1) is 13.1. The summed E-state index contributed by atoms with van der Waals surface area (Å²) >= 11 is 0. The van der Waals surface area contributed by atoms with E-state index < -0.39 is 5.97 Å². The number of aryl methyl sites for hydroxylation is 1. The molecule has 0 unspecified atom stereocenters. The minimum absolute atomic E-state index is 0.0139. The molecular formula is C11H15N3O3. The SMILES string of the molecule is Cc1nccc(CNC(=O)CCCC(=O)O)n1. The van der Waals surface area contributed by atoms with Crippen LogP contribution < -0.4 is 5.32 Å². The van der Waals surface area contributed by atoms with Crippen LogP contribution in [-0.2, 0) is 16.1 Å². The maximum absolute atomic E-state index is 11.3. The van der Waals surface area contributed by atoms with Crippen molar-refractivity contribution in [1.82, 2.24) is 15.3 Å². The van der Waals surface area contributed by atoms with Crippen LogP contribution in [0, 0.1) is 6.92 Å². The van der Waals surface area contributed by atoms with Crippen LogP contribution in [0.2, 0.25) is 0 Å². The second-order valence-electron chi connectivity index (χ2n) is 3.62. The fourth-order valence-corrected chi connectivity index (χ4v) is 1.28.